The van der Waals surface area contributed by atoms with Crippen LogP contribution in [0.1, 0.15) is 16.8 Å². The van der Waals surface area contributed by atoms with Crippen molar-refractivity contribution in [1.82, 2.24) is 9.80 Å². The molecule has 2 aromatic carbocycles. The summed E-state index contributed by atoms with van der Waals surface area (Å²) in [6, 6.07) is 18.9. The average Bonchev–Trinajstić information content (AvgIpc) is 2.68. The Morgan fingerprint density at radius 2 is 1.44 bits per heavy atom. The van der Waals surface area contributed by atoms with Gasteiger partial charge in [-0.3, -0.25) is 14.5 Å². The molecule has 0 radical (unpaired) electrons. The molecule has 0 aliphatic carbocycles. The molecule has 2 amide bonds. The molecule has 0 spiro atoms. The van der Waals surface area contributed by atoms with Crippen molar-refractivity contribution < 1.29 is 9.59 Å². The van der Waals surface area contributed by atoms with Gasteiger partial charge in [-0.05, 0) is 24.3 Å². The number of para-hydroxylation sites is 1. The molecule has 25 heavy (non-hydrogen) atoms. The van der Waals surface area contributed by atoms with Crippen LogP contribution in [0.3, 0.4) is 0 Å². The van der Waals surface area contributed by atoms with Crippen LogP contribution >= 0.6 is 0 Å². The van der Waals surface area contributed by atoms with Crippen LogP contribution in [0.15, 0.2) is 60.7 Å². The van der Waals surface area contributed by atoms with E-state index in [1.165, 1.54) is 0 Å². The van der Waals surface area contributed by atoms with Crippen LogP contribution in [-0.2, 0) is 4.79 Å². The summed E-state index contributed by atoms with van der Waals surface area (Å²) in [5, 5.41) is 2.90. The van der Waals surface area contributed by atoms with Crippen LogP contribution in [-0.4, -0.2) is 54.3 Å². The number of piperazine rings is 1. The summed E-state index contributed by atoms with van der Waals surface area (Å²) in [6.45, 7) is 3.72. The van der Waals surface area contributed by atoms with Crippen molar-refractivity contribution in [2.24, 2.45) is 0 Å². The average molecular weight is 337 g/mol. The van der Waals surface area contributed by atoms with E-state index in [2.05, 4.69) is 10.2 Å². The summed E-state index contributed by atoms with van der Waals surface area (Å²) in [4.78, 5) is 28.5. The summed E-state index contributed by atoms with van der Waals surface area (Å²) in [5.74, 6) is 0.107. The van der Waals surface area contributed by atoms with Gasteiger partial charge in [-0.1, -0.05) is 36.4 Å². The number of amides is 2. The van der Waals surface area contributed by atoms with Gasteiger partial charge in [0.05, 0.1) is 0 Å². The predicted molar refractivity (Wildman–Crippen MR) is 98.5 cm³/mol. The molecule has 3 rings (SSSR count). The highest BCUT2D eigenvalue weighted by Crippen LogP contribution is 2.10. The molecule has 0 aromatic heterocycles. The fraction of sp³-hybridized carbons (Fsp3) is 0.300. The lowest BCUT2D eigenvalue weighted by Gasteiger charge is -2.34. The molecule has 0 bridgehead atoms. The summed E-state index contributed by atoms with van der Waals surface area (Å²) in [5.41, 5.74) is 1.56. The topological polar surface area (TPSA) is 52.7 Å². The van der Waals surface area contributed by atoms with Gasteiger partial charge in [0, 0.05) is 50.4 Å². The second-order valence-electron chi connectivity index (χ2n) is 6.16. The minimum Gasteiger partial charge on any atom is -0.336 e. The molecule has 2 aromatic rings. The molecular formula is C20H23N3O2. The second-order valence-corrected chi connectivity index (χ2v) is 6.16. The van der Waals surface area contributed by atoms with E-state index >= 15 is 0 Å². The highest BCUT2D eigenvalue weighted by atomic mass is 16.2. The van der Waals surface area contributed by atoms with E-state index in [9.17, 15) is 9.59 Å². The third-order valence-electron chi connectivity index (χ3n) is 4.39. The van der Waals surface area contributed by atoms with E-state index in [1.54, 1.807) is 0 Å². The molecule has 1 aliphatic heterocycles. The molecule has 5 nitrogen and oxygen atoms in total. The van der Waals surface area contributed by atoms with Crippen molar-refractivity contribution in [3.8, 4) is 0 Å². The number of nitrogens with zero attached hydrogens (tertiary/aromatic N) is 2. The minimum absolute atomic E-state index is 0.0222. The lowest BCUT2D eigenvalue weighted by atomic mass is 10.2. The maximum absolute atomic E-state index is 12.4. The summed E-state index contributed by atoms with van der Waals surface area (Å²) in [6.07, 6.45) is 0.460. The molecule has 1 aliphatic rings. The summed E-state index contributed by atoms with van der Waals surface area (Å²) >= 11 is 0. The number of carbonyl (C=O) groups excluding carboxylic acids is 2. The smallest absolute Gasteiger partial charge is 0.253 e. The Hall–Kier alpha value is -2.66. The van der Waals surface area contributed by atoms with E-state index in [-0.39, 0.29) is 11.8 Å². The van der Waals surface area contributed by atoms with Gasteiger partial charge in [0.1, 0.15) is 0 Å². The largest absolute Gasteiger partial charge is 0.336 e. The number of nitrogens with one attached hydrogen (secondary N) is 1. The fourth-order valence-electron chi connectivity index (χ4n) is 2.94. The second kappa shape index (κ2) is 8.44. The predicted octanol–water partition coefficient (Wildman–Crippen LogP) is 2.47. The molecule has 1 fully saturated rings. The molecule has 0 atom stereocenters. The highest BCUT2D eigenvalue weighted by molar-refractivity contribution is 5.94. The van der Waals surface area contributed by atoms with Crippen LogP contribution < -0.4 is 5.32 Å². The standard InChI is InChI=1S/C20H23N3O2/c24-19(21-18-9-5-2-6-10-18)11-12-22-13-15-23(16-14-22)20(25)17-7-3-1-4-8-17/h1-10H,11-16H2,(H,21,24). The van der Waals surface area contributed by atoms with E-state index in [4.69, 9.17) is 0 Å². The first kappa shape index (κ1) is 17.2. The van der Waals surface area contributed by atoms with E-state index in [0.717, 1.165) is 24.3 Å². The van der Waals surface area contributed by atoms with Gasteiger partial charge in [0.2, 0.25) is 5.91 Å². The van der Waals surface area contributed by atoms with E-state index in [1.807, 2.05) is 65.6 Å². The number of hydrogen-bond acceptors (Lipinski definition) is 3. The highest BCUT2D eigenvalue weighted by Gasteiger charge is 2.22. The maximum atomic E-state index is 12.4. The number of anilines is 1. The molecular weight excluding hydrogens is 314 g/mol. The van der Waals surface area contributed by atoms with Gasteiger partial charge < -0.3 is 10.2 Å². The van der Waals surface area contributed by atoms with Gasteiger partial charge in [-0.15, -0.1) is 0 Å². The molecule has 130 valence electrons. The van der Waals surface area contributed by atoms with Crippen molar-refractivity contribution in [1.29, 1.82) is 0 Å². The molecule has 5 heteroatoms. The van der Waals surface area contributed by atoms with Crippen LogP contribution in [0.2, 0.25) is 0 Å². The molecule has 0 saturated carbocycles. The van der Waals surface area contributed by atoms with Crippen molar-refractivity contribution in [2.45, 2.75) is 6.42 Å². The first-order chi connectivity index (χ1) is 12.2. The third kappa shape index (κ3) is 4.90. The maximum Gasteiger partial charge on any atom is 0.253 e. The Balaban J connectivity index is 1.41. The Bertz CT molecular complexity index is 695. The number of hydrogen-bond donors (Lipinski definition) is 1. The Kier molecular flexibility index (Phi) is 5.80. The Labute approximate surface area is 148 Å². The zero-order valence-electron chi connectivity index (χ0n) is 14.2. The zero-order chi connectivity index (χ0) is 17.5. The van der Waals surface area contributed by atoms with Crippen LogP contribution in [0, 0.1) is 0 Å². The first-order valence-corrected chi connectivity index (χ1v) is 8.64. The zero-order valence-corrected chi connectivity index (χ0v) is 14.2. The van der Waals surface area contributed by atoms with Crippen LogP contribution in [0.5, 0.6) is 0 Å². The third-order valence-corrected chi connectivity index (χ3v) is 4.39. The monoisotopic (exact) mass is 337 g/mol. The van der Waals surface area contributed by atoms with Crippen molar-refractivity contribution >= 4 is 17.5 Å². The number of rotatable bonds is 5. The molecule has 1 N–H and O–H groups in total. The molecule has 1 heterocycles. The van der Waals surface area contributed by atoms with Crippen molar-refractivity contribution in [3.63, 3.8) is 0 Å². The van der Waals surface area contributed by atoms with Gasteiger partial charge in [-0.2, -0.15) is 0 Å². The Morgan fingerprint density at radius 1 is 0.840 bits per heavy atom. The number of carbonyl (C=O) groups is 2. The van der Waals surface area contributed by atoms with E-state index in [0.29, 0.717) is 26.1 Å². The van der Waals surface area contributed by atoms with Crippen LogP contribution in [0.25, 0.3) is 0 Å². The fourth-order valence-corrected chi connectivity index (χ4v) is 2.94. The summed E-state index contributed by atoms with van der Waals surface area (Å²) < 4.78 is 0. The lowest BCUT2D eigenvalue weighted by molar-refractivity contribution is -0.116. The van der Waals surface area contributed by atoms with Crippen molar-refractivity contribution in [3.05, 3.63) is 66.2 Å². The quantitative estimate of drug-likeness (QED) is 0.912. The SMILES string of the molecule is O=C(CCN1CCN(C(=O)c2ccccc2)CC1)Nc1ccccc1. The Morgan fingerprint density at radius 3 is 2.08 bits per heavy atom. The molecule has 0 unspecified atom stereocenters. The normalized spacial score (nSPS) is 15.0. The van der Waals surface area contributed by atoms with Gasteiger partial charge >= 0.3 is 0 Å². The first-order valence-electron chi connectivity index (χ1n) is 8.64. The van der Waals surface area contributed by atoms with Crippen LogP contribution in [0.4, 0.5) is 5.69 Å². The van der Waals surface area contributed by atoms with Gasteiger partial charge in [-0.25, -0.2) is 0 Å². The number of benzene rings is 2. The summed E-state index contributed by atoms with van der Waals surface area (Å²) in [7, 11) is 0. The molecule has 1 saturated heterocycles. The lowest BCUT2D eigenvalue weighted by Crippen LogP contribution is -2.49. The minimum atomic E-state index is 0.0222. The van der Waals surface area contributed by atoms with E-state index < -0.39 is 0 Å². The van der Waals surface area contributed by atoms with Gasteiger partial charge in [0.25, 0.3) is 5.91 Å². The van der Waals surface area contributed by atoms with Crippen molar-refractivity contribution in [2.75, 3.05) is 38.0 Å². The van der Waals surface area contributed by atoms with Gasteiger partial charge in [0.15, 0.2) is 0 Å².